The van der Waals surface area contributed by atoms with Gasteiger partial charge in [0.25, 0.3) is 5.91 Å². The maximum atomic E-state index is 11.9. The topological polar surface area (TPSA) is 45.2 Å². The number of amides is 1. The van der Waals surface area contributed by atoms with E-state index in [0.717, 1.165) is 31.9 Å². The molecule has 120 valence electrons. The summed E-state index contributed by atoms with van der Waals surface area (Å²) < 4.78 is 0. The molecule has 0 aromatic carbocycles. The number of rotatable bonds is 4. The molecule has 0 atom stereocenters. The van der Waals surface area contributed by atoms with E-state index < -0.39 is 0 Å². The number of carbonyl (C=O) groups excluding carboxylic acids is 1. The number of hydrogen-bond donors (Lipinski definition) is 1. The van der Waals surface area contributed by atoms with Gasteiger partial charge in [0.15, 0.2) is 0 Å². The Morgan fingerprint density at radius 1 is 1.23 bits per heavy atom. The van der Waals surface area contributed by atoms with Crippen molar-refractivity contribution in [2.75, 3.05) is 24.5 Å². The van der Waals surface area contributed by atoms with Crippen molar-refractivity contribution in [2.24, 2.45) is 5.41 Å². The molecule has 4 nitrogen and oxygen atoms in total. The monoisotopic (exact) mass is 301 g/mol. The molecule has 1 saturated carbocycles. The molecule has 1 aromatic heterocycles. The first kappa shape index (κ1) is 15.3. The van der Waals surface area contributed by atoms with E-state index in [1.165, 1.54) is 38.5 Å². The summed E-state index contributed by atoms with van der Waals surface area (Å²) >= 11 is 0. The van der Waals surface area contributed by atoms with Crippen LogP contribution in [0.5, 0.6) is 0 Å². The Hall–Kier alpha value is -1.58. The van der Waals surface area contributed by atoms with Crippen molar-refractivity contribution in [1.29, 1.82) is 0 Å². The lowest BCUT2D eigenvalue weighted by molar-refractivity contribution is 0.0953. The Kier molecular flexibility index (Phi) is 4.65. The number of pyridine rings is 1. The predicted molar refractivity (Wildman–Crippen MR) is 89.2 cm³/mol. The molecule has 1 spiro atoms. The molecule has 2 heterocycles. The fraction of sp³-hybridized carbons (Fsp3) is 0.667. The lowest BCUT2D eigenvalue weighted by Crippen LogP contribution is -2.39. The average Bonchev–Trinajstić information content (AvgIpc) is 3.02. The van der Waals surface area contributed by atoms with Crippen molar-refractivity contribution in [1.82, 2.24) is 10.3 Å². The van der Waals surface area contributed by atoms with Gasteiger partial charge in [-0.15, -0.1) is 0 Å². The van der Waals surface area contributed by atoms with Gasteiger partial charge in [0.05, 0.1) is 5.56 Å². The summed E-state index contributed by atoms with van der Waals surface area (Å²) in [5.41, 5.74) is 1.29. The van der Waals surface area contributed by atoms with Crippen LogP contribution in [0.25, 0.3) is 0 Å². The molecule has 22 heavy (non-hydrogen) atoms. The van der Waals surface area contributed by atoms with E-state index in [1.807, 2.05) is 12.1 Å². The molecule has 2 fully saturated rings. The number of hydrogen-bond acceptors (Lipinski definition) is 3. The fourth-order valence-electron chi connectivity index (χ4n) is 3.88. The van der Waals surface area contributed by atoms with Crippen LogP contribution < -0.4 is 10.2 Å². The highest BCUT2D eigenvalue weighted by molar-refractivity contribution is 5.94. The Bertz CT molecular complexity index is 496. The van der Waals surface area contributed by atoms with Crippen molar-refractivity contribution in [3.63, 3.8) is 0 Å². The average molecular weight is 301 g/mol. The Labute approximate surface area is 133 Å². The fourth-order valence-corrected chi connectivity index (χ4v) is 3.88. The van der Waals surface area contributed by atoms with Gasteiger partial charge in [-0.1, -0.05) is 19.8 Å². The summed E-state index contributed by atoms with van der Waals surface area (Å²) in [4.78, 5) is 18.8. The molecule has 1 aliphatic carbocycles. The molecule has 3 rings (SSSR count). The standard InChI is InChI=1S/C18H27N3O/c1-2-11-19-17(22)15-5-6-16(20-14-15)21-12-9-18(10-13-21)7-3-4-8-18/h5-6,14H,2-4,7-13H2,1H3,(H,19,22). The molecule has 0 bridgehead atoms. The van der Waals surface area contributed by atoms with Crippen LogP contribution in [0.2, 0.25) is 0 Å². The highest BCUT2D eigenvalue weighted by Gasteiger charge is 2.37. The first-order chi connectivity index (χ1) is 10.7. The van der Waals surface area contributed by atoms with E-state index in [-0.39, 0.29) is 5.91 Å². The summed E-state index contributed by atoms with van der Waals surface area (Å²) in [6.45, 7) is 4.98. The molecule has 1 saturated heterocycles. The molecule has 0 radical (unpaired) electrons. The lowest BCUT2D eigenvalue weighted by atomic mass is 9.77. The van der Waals surface area contributed by atoms with Crippen molar-refractivity contribution in [3.05, 3.63) is 23.9 Å². The second-order valence-corrected chi connectivity index (χ2v) is 6.86. The Morgan fingerprint density at radius 3 is 2.55 bits per heavy atom. The second-order valence-electron chi connectivity index (χ2n) is 6.86. The van der Waals surface area contributed by atoms with E-state index in [2.05, 4.69) is 22.1 Å². The van der Waals surface area contributed by atoms with Gasteiger partial charge in [-0.2, -0.15) is 0 Å². The van der Waals surface area contributed by atoms with Crippen LogP contribution in [0.1, 0.15) is 62.2 Å². The van der Waals surface area contributed by atoms with Crippen LogP contribution in [-0.4, -0.2) is 30.5 Å². The first-order valence-corrected chi connectivity index (χ1v) is 8.72. The van der Waals surface area contributed by atoms with Crippen molar-refractivity contribution >= 4 is 11.7 Å². The quantitative estimate of drug-likeness (QED) is 0.927. The Morgan fingerprint density at radius 2 is 1.95 bits per heavy atom. The largest absolute Gasteiger partial charge is 0.357 e. The zero-order valence-corrected chi connectivity index (χ0v) is 13.6. The number of piperidine rings is 1. The predicted octanol–water partition coefficient (Wildman–Crippen LogP) is 3.38. The zero-order chi connectivity index (χ0) is 15.4. The molecular formula is C18H27N3O. The van der Waals surface area contributed by atoms with Gasteiger partial charge in [0.1, 0.15) is 5.82 Å². The highest BCUT2D eigenvalue weighted by Crippen LogP contribution is 2.46. The van der Waals surface area contributed by atoms with Crippen LogP contribution in [-0.2, 0) is 0 Å². The van der Waals surface area contributed by atoms with E-state index in [1.54, 1.807) is 6.20 Å². The van der Waals surface area contributed by atoms with Crippen molar-refractivity contribution < 1.29 is 4.79 Å². The lowest BCUT2D eigenvalue weighted by Gasteiger charge is -2.40. The number of aromatic nitrogens is 1. The summed E-state index contributed by atoms with van der Waals surface area (Å²) in [5, 5.41) is 2.89. The number of anilines is 1. The minimum Gasteiger partial charge on any atom is -0.357 e. The number of nitrogens with one attached hydrogen (secondary N) is 1. The van der Waals surface area contributed by atoms with E-state index in [9.17, 15) is 4.79 Å². The van der Waals surface area contributed by atoms with Crippen LogP contribution in [0.4, 0.5) is 5.82 Å². The third-order valence-electron chi connectivity index (χ3n) is 5.36. The number of carbonyl (C=O) groups is 1. The molecule has 4 heteroatoms. The van der Waals surface area contributed by atoms with Gasteiger partial charge in [0, 0.05) is 25.8 Å². The van der Waals surface area contributed by atoms with Gasteiger partial charge in [-0.3, -0.25) is 4.79 Å². The van der Waals surface area contributed by atoms with Gasteiger partial charge >= 0.3 is 0 Å². The minimum absolute atomic E-state index is 0.0237. The molecule has 1 N–H and O–H groups in total. The van der Waals surface area contributed by atoms with Crippen molar-refractivity contribution in [3.8, 4) is 0 Å². The summed E-state index contributed by atoms with van der Waals surface area (Å²) in [5.74, 6) is 0.990. The second kappa shape index (κ2) is 6.67. The summed E-state index contributed by atoms with van der Waals surface area (Å²) in [6.07, 6.45) is 10.9. The maximum absolute atomic E-state index is 11.9. The van der Waals surface area contributed by atoms with Crippen LogP contribution in [0, 0.1) is 5.41 Å². The molecular weight excluding hydrogens is 274 g/mol. The number of nitrogens with zero attached hydrogens (tertiary/aromatic N) is 2. The molecule has 0 unspecified atom stereocenters. The van der Waals surface area contributed by atoms with Gasteiger partial charge in [0.2, 0.25) is 0 Å². The highest BCUT2D eigenvalue weighted by atomic mass is 16.1. The summed E-state index contributed by atoms with van der Waals surface area (Å²) in [7, 11) is 0. The molecule has 1 aliphatic heterocycles. The molecule has 1 aromatic rings. The van der Waals surface area contributed by atoms with Gasteiger partial charge < -0.3 is 10.2 Å². The summed E-state index contributed by atoms with van der Waals surface area (Å²) in [6, 6.07) is 3.89. The van der Waals surface area contributed by atoms with Crippen LogP contribution in [0.3, 0.4) is 0 Å². The van der Waals surface area contributed by atoms with Crippen LogP contribution >= 0.6 is 0 Å². The first-order valence-electron chi connectivity index (χ1n) is 8.72. The Balaban J connectivity index is 1.58. The third-order valence-corrected chi connectivity index (χ3v) is 5.36. The van der Waals surface area contributed by atoms with Crippen LogP contribution in [0.15, 0.2) is 18.3 Å². The van der Waals surface area contributed by atoms with Crippen molar-refractivity contribution in [2.45, 2.75) is 51.9 Å². The SMILES string of the molecule is CCCNC(=O)c1ccc(N2CCC3(CCCC3)CC2)nc1. The smallest absolute Gasteiger partial charge is 0.252 e. The van der Waals surface area contributed by atoms with Gasteiger partial charge in [-0.25, -0.2) is 4.98 Å². The normalized spacial score (nSPS) is 20.3. The molecule has 1 amide bonds. The maximum Gasteiger partial charge on any atom is 0.252 e. The van der Waals surface area contributed by atoms with E-state index in [0.29, 0.717) is 11.0 Å². The minimum atomic E-state index is -0.0237. The van der Waals surface area contributed by atoms with Gasteiger partial charge in [-0.05, 0) is 49.7 Å². The third kappa shape index (κ3) is 3.26. The zero-order valence-electron chi connectivity index (χ0n) is 13.6. The van der Waals surface area contributed by atoms with E-state index >= 15 is 0 Å². The molecule has 2 aliphatic rings. The van der Waals surface area contributed by atoms with E-state index in [4.69, 9.17) is 0 Å².